The highest BCUT2D eigenvalue weighted by Crippen LogP contribution is 2.39. The summed E-state index contributed by atoms with van der Waals surface area (Å²) in [6, 6.07) is 12.3. The number of aliphatic hydroxyl groups is 1. The Labute approximate surface area is 132 Å². The third-order valence-electron chi connectivity index (χ3n) is 3.94. The lowest BCUT2D eigenvalue weighted by atomic mass is 9.86. The summed E-state index contributed by atoms with van der Waals surface area (Å²) in [5, 5.41) is 9.54. The Morgan fingerprint density at radius 1 is 0.864 bits per heavy atom. The number of hydrogen-bond donors (Lipinski definition) is 1. The van der Waals surface area contributed by atoms with Gasteiger partial charge in [0.1, 0.15) is 11.5 Å². The fourth-order valence-corrected chi connectivity index (χ4v) is 2.86. The molecule has 22 heavy (non-hydrogen) atoms. The van der Waals surface area contributed by atoms with E-state index in [0.717, 1.165) is 22.6 Å². The minimum atomic E-state index is 0.0368. The van der Waals surface area contributed by atoms with E-state index in [1.54, 1.807) is 14.2 Å². The van der Waals surface area contributed by atoms with Crippen LogP contribution in [-0.4, -0.2) is 25.9 Å². The minimum Gasteiger partial charge on any atom is -0.496 e. The van der Waals surface area contributed by atoms with Crippen LogP contribution in [0.5, 0.6) is 11.5 Å². The van der Waals surface area contributed by atoms with Crippen LogP contribution in [0.3, 0.4) is 0 Å². The van der Waals surface area contributed by atoms with Crippen LogP contribution in [-0.2, 0) is 0 Å². The first kappa shape index (κ1) is 16.4. The lowest BCUT2D eigenvalue weighted by Gasteiger charge is -2.22. The standard InChI is InChI=1S/C19H24O3/c1-13-5-7-18(21-3)16(11-13)15(9-10-20)17-12-14(2)6-8-19(17)22-4/h5-8,11-12,15,20H,9-10H2,1-4H3. The van der Waals surface area contributed by atoms with Crippen LogP contribution in [0.1, 0.15) is 34.6 Å². The third kappa shape index (κ3) is 3.42. The lowest BCUT2D eigenvalue weighted by molar-refractivity contribution is 0.279. The van der Waals surface area contributed by atoms with Gasteiger partial charge in [0.2, 0.25) is 0 Å². The van der Waals surface area contributed by atoms with Crippen LogP contribution in [0.15, 0.2) is 36.4 Å². The molecule has 118 valence electrons. The highest BCUT2D eigenvalue weighted by molar-refractivity contribution is 5.49. The Kier molecular flexibility index (Phi) is 5.45. The Hall–Kier alpha value is -2.00. The number of aliphatic hydroxyl groups excluding tert-OH is 1. The summed E-state index contributed by atoms with van der Waals surface area (Å²) in [4.78, 5) is 0. The SMILES string of the molecule is COc1ccc(C)cc1C(CCO)c1cc(C)ccc1OC. The molecule has 0 radical (unpaired) electrons. The Morgan fingerprint density at radius 2 is 1.32 bits per heavy atom. The molecule has 3 heteroatoms. The smallest absolute Gasteiger partial charge is 0.122 e. The fraction of sp³-hybridized carbons (Fsp3) is 0.368. The molecule has 0 spiro atoms. The molecule has 0 bridgehead atoms. The molecule has 0 aromatic heterocycles. The summed E-state index contributed by atoms with van der Waals surface area (Å²) in [5.41, 5.74) is 4.51. The van der Waals surface area contributed by atoms with Crippen LogP contribution in [0.2, 0.25) is 0 Å². The molecular formula is C19H24O3. The molecular weight excluding hydrogens is 276 g/mol. The van der Waals surface area contributed by atoms with Crippen LogP contribution in [0.4, 0.5) is 0 Å². The Morgan fingerprint density at radius 3 is 1.68 bits per heavy atom. The van der Waals surface area contributed by atoms with E-state index < -0.39 is 0 Å². The summed E-state index contributed by atoms with van der Waals surface area (Å²) < 4.78 is 11.1. The van der Waals surface area contributed by atoms with Gasteiger partial charge in [0.15, 0.2) is 0 Å². The predicted molar refractivity (Wildman–Crippen MR) is 89.0 cm³/mol. The zero-order chi connectivity index (χ0) is 16.1. The molecule has 2 rings (SSSR count). The maximum atomic E-state index is 9.54. The number of benzene rings is 2. The van der Waals surface area contributed by atoms with Crippen LogP contribution in [0.25, 0.3) is 0 Å². The van der Waals surface area contributed by atoms with Crippen molar-refractivity contribution in [2.75, 3.05) is 20.8 Å². The van der Waals surface area contributed by atoms with Gasteiger partial charge < -0.3 is 14.6 Å². The third-order valence-corrected chi connectivity index (χ3v) is 3.94. The van der Waals surface area contributed by atoms with Crippen molar-refractivity contribution in [3.8, 4) is 11.5 Å². The Balaban J connectivity index is 2.60. The highest BCUT2D eigenvalue weighted by atomic mass is 16.5. The molecule has 0 amide bonds. The van der Waals surface area contributed by atoms with E-state index in [0.29, 0.717) is 6.42 Å². The van der Waals surface area contributed by atoms with Crippen molar-refractivity contribution in [2.45, 2.75) is 26.2 Å². The van der Waals surface area contributed by atoms with E-state index in [-0.39, 0.29) is 12.5 Å². The zero-order valence-electron chi connectivity index (χ0n) is 13.7. The van der Waals surface area contributed by atoms with Gasteiger partial charge in [-0.15, -0.1) is 0 Å². The van der Waals surface area contributed by atoms with Gasteiger partial charge in [-0.05, 0) is 32.4 Å². The van der Waals surface area contributed by atoms with Crippen molar-refractivity contribution in [3.05, 3.63) is 58.7 Å². The highest BCUT2D eigenvalue weighted by Gasteiger charge is 2.21. The first-order valence-electron chi connectivity index (χ1n) is 7.50. The van der Waals surface area contributed by atoms with E-state index in [2.05, 4.69) is 26.0 Å². The maximum Gasteiger partial charge on any atom is 0.122 e. The predicted octanol–water partition coefficient (Wildman–Crippen LogP) is 3.83. The second-order valence-electron chi connectivity index (χ2n) is 5.56. The van der Waals surface area contributed by atoms with Crippen LogP contribution >= 0.6 is 0 Å². The van der Waals surface area contributed by atoms with E-state index in [4.69, 9.17) is 9.47 Å². The maximum absolute atomic E-state index is 9.54. The van der Waals surface area contributed by atoms with Crippen LogP contribution in [0, 0.1) is 13.8 Å². The second kappa shape index (κ2) is 7.32. The molecule has 0 aliphatic heterocycles. The van der Waals surface area contributed by atoms with Crippen molar-refractivity contribution in [3.63, 3.8) is 0 Å². The molecule has 0 saturated heterocycles. The summed E-state index contributed by atoms with van der Waals surface area (Å²) in [6.45, 7) is 4.23. The van der Waals surface area contributed by atoms with Crippen molar-refractivity contribution in [1.82, 2.24) is 0 Å². The average Bonchev–Trinajstić information content (AvgIpc) is 2.52. The van der Waals surface area contributed by atoms with Crippen molar-refractivity contribution >= 4 is 0 Å². The zero-order valence-corrected chi connectivity index (χ0v) is 13.7. The summed E-state index contributed by atoms with van der Waals surface area (Å²) in [5.74, 6) is 1.72. The van der Waals surface area contributed by atoms with Gasteiger partial charge in [-0.3, -0.25) is 0 Å². The molecule has 0 unspecified atom stereocenters. The van der Waals surface area contributed by atoms with Crippen LogP contribution < -0.4 is 9.47 Å². The van der Waals surface area contributed by atoms with Gasteiger partial charge in [-0.25, -0.2) is 0 Å². The normalized spacial score (nSPS) is 10.8. The summed E-state index contributed by atoms with van der Waals surface area (Å²) in [6.07, 6.45) is 0.625. The largest absolute Gasteiger partial charge is 0.496 e. The molecule has 1 N–H and O–H groups in total. The average molecular weight is 300 g/mol. The molecule has 0 aliphatic rings. The molecule has 0 saturated carbocycles. The minimum absolute atomic E-state index is 0.0368. The molecule has 0 aliphatic carbocycles. The molecule has 0 fully saturated rings. The topological polar surface area (TPSA) is 38.7 Å². The molecule has 2 aromatic carbocycles. The first-order valence-corrected chi connectivity index (χ1v) is 7.50. The summed E-state index contributed by atoms with van der Waals surface area (Å²) in [7, 11) is 3.36. The number of ether oxygens (including phenoxy) is 2. The molecule has 0 heterocycles. The first-order chi connectivity index (χ1) is 10.6. The fourth-order valence-electron chi connectivity index (χ4n) is 2.86. The monoisotopic (exact) mass is 300 g/mol. The van der Waals surface area contributed by atoms with Crippen molar-refractivity contribution in [2.24, 2.45) is 0 Å². The molecule has 2 aromatic rings. The van der Waals surface area contributed by atoms with E-state index in [1.165, 1.54) is 11.1 Å². The van der Waals surface area contributed by atoms with Crippen molar-refractivity contribution in [1.29, 1.82) is 0 Å². The van der Waals surface area contributed by atoms with Gasteiger partial charge >= 0.3 is 0 Å². The van der Waals surface area contributed by atoms with Gasteiger partial charge in [0.05, 0.1) is 14.2 Å². The number of rotatable bonds is 6. The second-order valence-corrected chi connectivity index (χ2v) is 5.56. The van der Waals surface area contributed by atoms with Gasteiger partial charge in [0, 0.05) is 23.7 Å². The van der Waals surface area contributed by atoms with Gasteiger partial charge in [-0.1, -0.05) is 35.4 Å². The Bertz CT molecular complexity index is 581. The molecule has 0 atom stereocenters. The van der Waals surface area contributed by atoms with Gasteiger partial charge in [0.25, 0.3) is 0 Å². The van der Waals surface area contributed by atoms with E-state index in [1.807, 2.05) is 24.3 Å². The lowest BCUT2D eigenvalue weighted by Crippen LogP contribution is -2.08. The summed E-state index contributed by atoms with van der Waals surface area (Å²) >= 11 is 0. The molecule has 3 nitrogen and oxygen atoms in total. The number of hydrogen-bond acceptors (Lipinski definition) is 3. The van der Waals surface area contributed by atoms with E-state index >= 15 is 0 Å². The quantitative estimate of drug-likeness (QED) is 0.881. The number of methoxy groups -OCH3 is 2. The van der Waals surface area contributed by atoms with E-state index in [9.17, 15) is 5.11 Å². The van der Waals surface area contributed by atoms with Gasteiger partial charge in [-0.2, -0.15) is 0 Å². The number of aryl methyl sites for hydroxylation is 2. The van der Waals surface area contributed by atoms with Crippen molar-refractivity contribution < 1.29 is 14.6 Å².